The molecule has 2 aromatic carbocycles. The lowest BCUT2D eigenvalue weighted by Gasteiger charge is -2.14. The summed E-state index contributed by atoms with van der Waals surface area (Å²) in [6, 6.07) is 15.3. The van der Waals surface area contributed by atoms with E-state index in [1.54, 1.807) is 36.4 Å². The smallest absolute Gasteiger partial charge is 0.255 e. The second kappa shape index (κ2) is 8.10. The van der Waals surface area contributed by atoms with Gasteiger partial charge in [0.2, 0.25) is 0 Å². The van der Waals surface area contributed by atoms with Gasteiger partial charge in [0.25, 0.3) is 11.8 Å². The van der Waals surface area contributed by atoms with E-state index in [9.17, 15) is 9.59 Å². The zero-order valence-corrected chi connectivity index (χ0v) is 13.0. The number of para-hydroxylation sites is 1. The SMILES string of the molecule is CCC(CO)NC(=O)c1ccc(C(=O)Nc2ccccc2)cc1. The lowest BCUT2D eigenvalue weighted by atomic mass is 10.1. The number of carbonyl (C=O) groups excluding carboxylic acids is 2. The molecule has 1 atom stereocenters. The Morgan fingerprint density at radius 1 is 0.957 bits per heavy atom. The number of hydrogen-bond donors (Lipinski definition) is 3. The summed E-state index contributed by atoms with van der Waals surface area (Å²) in [5, 5.41) is 14.6. The van der Waals surface area contributed by atoms with Gasteiger partial charge in [0.05, 0.1) is 12.6 Å². The topological polar surface area (TPSA) is 78.4 Å². The maximum atomic E-state index is 12.1. The summed E-state index contributed by atoms with van der Waals surface area (Å²) < 4.78 is 0. The molecule has 0 aliphatic heterocycles. The molecule has 2 amide bonds. The van der Waals surface area contributed by atoms with Crippen molar-refractivity contribution in [3.63, 3.8) is 0 Å². The Labute approximate surface area is 135 Å². The van der Waals surface area contributed by atoms with Crippen molar-refractivity contribution in [2.45, 2.75) is 19.4 Å². The monoisotopic (exact) mass is 312 g/mol. The molecule has 0 aliphatic rings. The summed E-state index contributed by atoms with van der Waals surface area (Å²) in [5.74, 6) is -0.495. The average Bonchev–Trinajstić information content (AvgIpc) is 2.60. The van der Waals surface area contributed by atoms with Crippen LogP contribution >= 0.6 is 0 Å². The highest BCUT2D eigenvalue weighted by atomic mass is 16.3. The van der Waals surface area contributed by atoms with E-state index in [-0.39, 0.29) is 24.5 Å². The molecule has 0 aliphatic carbocycles. The van der Waals surface area contributed by atoms with Crippen molar-refractivity contribution in [2.75, 3.05) is 11.9 Å². The highest BCUT2D eigenvalue weighted by molar-refractivity contribution is 6.05. The molecule has 0 bridgehead atoms. The third-order valence-corrected chi connectivity index (χ3v) is 3.49. The van der Waals surface area contributed by atoms with Crippen LogP contribution in [0.25, 0.3) is 0 Å². The van der Waals surface area contributed by atoms with Gasteiger partial charge in [-0.3, -0.25) is 9.59 Å². The molecule has 1 unspecified atom stereocenters. The number of rotatable bonds is 6. The Hall–Kier alpha value is -2.66. The Morgan fingerprint density at radius 2 is 1.52 bits per heavy atom. The predicted octanol–water partition coefficient (Wildman–Crippen LogP) is 2.44. The number of nitrogens with one attached hydrogen (secondary N) is 2. The minimum atomic E-state index is -0.263. The highest BCUT2D eigenvalue weighted by Gasteiger charge is 2.12. The van der Waals surface area contributed by atoms with Crippen molar-refractivity contribution >= 4 is 17.5 Å². The van der Waals surface area contributed by atoms with Crippen LogP contribution in [0.5, 0.6) is 0 Å². The minimum Gasteiger partial charge on any atom is -0.394 e. The van der Waals surface area contributed by atoms with E-state index < -0.39 is 0 Å². The van der Waals surface area contributed by atoms with Gasteiger partial charge in [-0.1, -0.05) is 25.1 Å². The first-order valence-corrected chi connectivity index (χ1v) is 7.52. The molecule has 0 saturated heterocycles. The Kier molecular flexibility index (Phi) is 5.88. The van der Waals surface area contributed by atoms with Crippen molar-refractivity contribution < 1.29 is 14.7 Å². The van der Waals surface area contributed by atoms with Crippen LogP contribution in [0.1, 0.15) is 34.1 Å². The van der Waals surface area contributed by atoms with Crippen LogP contribution in [0.3, 0.4) is 0 Å². The van der Waals surface area contributed by atoms with Crippen LogP contribution < -0.4 is 10.6 Å². The average molecular weight is 312 g/mol. The second-order valence-electron chi connectivity index (χ2n) is 5.16. The molecule has 120 valence electrons. The van der Waals surface area contributed by atoms with Gasteiger partial charge in [0, 0.05) is 16.8 Å². The summed E-state index contributed by atoms with van der Waals surface area (Å²) in [7, 11) is 0. The van der Waals surface area contributed by atoms with Crippen molar-refractivity contribution in [3.05, 3.63) is 65.7 Å². The van der Waals surface area contributed by atoms with Crippen molar-refractivity contribution in [1.29, 1.82) is 0 Å². The zero-order valence-electron chi connectivity index (χ0n) is 13.0. The first-order chi connectivity index (χ1) is 11.1. The summed E-state index contributed by atoms with van der Waals surface area (Å²) in [6.45, 7) is 1.79. The van der Waals surface area contributed by atoms with Gasteiger partial charge in [-0.25, -0.2) is 0 Å². The molecule has 2 aromatic rings. The maximum Gasteiger partial charge on any atom is 0.255 e. The van der Waals surface area contributed by atoms with Gasteiger partial charge >= 0.3 is 0 Å². The van der Waals surface area contributed by atoms with E-state index >= 15 is 0 Å². The van der Waals surface area contributed by atoms with E-state index in [0.29, 0.717) is 23.2 Å². The van der Waals surface area contributed by atoms with Crippen LogP contribution in [0.2, 0.25) is 0 Å². The van der Waals surface area contributed by atoms with Crippen LogP contribution in [-0.4, -0.2) is 29.6 Å². The van der Waals surface area contributed by atoms with E-state index in [4.69, 9.17) is 5.11 Å². The first-order valence-electron chi connectivity index (χ1n) is 7.52. The van der Waals surface area contributed by atoms with E-state index in [1.165, 1.54) is 0 Å². The van der Waals surface area contributed by atoms with Crippen LogP contribution in [0, 0.1) is 0 Å². The standard InChI is InChI=1S/C18H20N2O3/c1-2-15(12-21)19-17(22)13-8-10-14(11-9-13)18(23)20-16-6-4-3-5-7-16/h3-11,15,21H,2,12H2,1H3,(H,19,22)(H,20,23). The van der Waals surface area contributed by atoms with E-state index in [2.05, 4.69) is 10.6 Å². The number of carbonyl (C=O) groups is 2. The van der Waals surface area contributed by atoms with Crippen LogP contribution in [-0.2, 0) is 0 Å². The number of benzene rings is 2. The van der Waals surface area contributed by atoms with Crippen molar-refractivity contribution in [3.8, 4) is 0 Å². The fourth-order valence-electron chi connectivity index (χ4n) is 2.04. The lowest BCUT2D eigenvalue weighted by molar-refractivity contribution is 0.0914. The molecule has 0 fully saturated rings. The second-order valence-corrected chi connectivity index (χ2v) is 5.16. The molecule has 2 rings (SSSR count). The Morgan fingerprint density at radius 3 is 2.04 bits per heavy atom. The predicted molar refractivity (Wildman–Crippen MR) is 89.5 cm³/mol. The molecule has 5 nitrogen and oxygen atoms in total. The number of amides is 2. The van der Waals surface area contributed by atoms with E-state index in [1.807, 2.05) is 25.1 Å². The van der Waals surface area contributed by atoms with Crippen LogP contribution in [0.15, 0.2) is 54.6 Å². The number of hydrogen-bond acceptors (Lipinski definition) is 3. The largest absolute Gasteiger partial charge is 0.394 e. The van der Waals surface area contributed by atoms with Gasteiger partial charge in [-0.15, -0.1) is 0 Å². The summed E-state index contributed by atoms with van der Waals surface area (Å²) in [5.41, 5.74) is 1.64. The Balaban J connectivity index is 2.01. The normalized spacial score (nSPS) is 11.6. The summed E-state index contributed by atoms with van der Waals surface area (Å²) in [4.78, 5) is 24.1. The van der Waals surface area contributed by atoms with Gasteiger partial charge in [0.1, 0.15) is 0 Å². The first kappa shape index (κ1) is 16.7. The molecule has 0 saturated carbocycles. The third kappa shape index (κ3) is 4.66. The highest BCUT2D eigenvalue weighted by Crippen LogP contribution is 2.10. The summed E-state index contributed by atoms with van der Waals surface area (Å²) >= 11 is 0. The molecule has 0 spiro atoms. The van der Waals surface area contributed by atoms with Gasteiger partial charge < -0.3 is 15.7 Å². The zero-order chi connectivity index (χ0) is 16.7. The molecule has 0 radical (unpaired) electrons. The number of anilines is 1. The summed E-state index contributed by atoms with van der Waals surface area (Å²) in [6.07, 6.45) is 0.653. The quantitative estimate of drug-likeness (QED) is 0.766. The van der Waals surface area contributed by atoms with Gasteiger partial charge in [-0.05, 0) is 42.8 Å². The fourth-order valence-corrected chi connectivity index (χ4v) is 2.04. The lowest BCUT2D eigenvalue weighted by Crippen LogP contribution is -2.36. The number of aliphatic hydroxyl groups excluding tert-OH is 1. The Bertz CT molecular complexity index is 650. The molecule has 3 N–H and O–H groups in total. The van der Waals surface area contributed by atoms with Crippen LogP contribution in [0.4, 0.5) is 5.69 Å². The molecule has 5 heteroatoms. The van der Waals surface area contributed by atoms with Gasteiger partial charge in [0.15, 0.2) is 0 Å². The minimum absolute atomic E-state index is 0.0974. The van der Waals surface area contributed by atoms with Crippen molar-refractivity contribution in [1.82, 2.24) is 5.32 Å². The molecule has 0 heterocycles. The molecule has 0 aromatic heterocycles. The molecular weight excluding hydrogens is 292 g/mol. The van der Waals surface area contributed by atoms with E-state index in [0.717, 1.165) is 0 Å². The van der Waals surface area contributed by atoms with Crippen molar-refractivity contribution in [2.24, 2.45) is 0 Å². The molecule has 23 heavy (non-hydrogen) atoms. The number of aliphatic hydroxyl groups is 1. The van der Waals surface area contributed by atoms with Gasteiger partial charge in [-0.2, -0.15) is 0 Å². The third-order valence-electron chi connectivity index (χ3n) is 3.49. The fraction of sp³-hybridized carbons (Fsp3) is 0.222. The molecular formula is C18H20N2O3. The maximum absolute atomic E-state index is 12.1.